The molecular weight excluding hydrogens is 218 g/mol. The molecule has 0 fully saturated rings. The molecule has 0 aliphatic carbocycles. The van der Waals surface area contributed by atoms with Crippen LogP contribution in [-0.2, 0) is 0 Å². The van der Waals surface area contributed by atoms with E-state index in [0.29, 0.717) is 18.5 Å². The Morgan fingerprint density at radius 2 is 2.47 bits per heavy atom. The van der Waals surface area contributed by atoms with Crippen molar-refractivity contribution in [2.45, 2.75) is 13.3 Å². The van der Waals surface area contributed by atoms with Crippen molar-refractivity contribution in [1.29, 1.82) is 0 Å². The lowest BCUT2D eigenvalue weighted by Crippen LogP contribution is -2.28. The molecule has 0 saturated carbocycles. The molecule has 0 saturated heterocycles. The van der Waals surface area contributed by atoms with Gasteiger partial charge in [0.1, 0.15) is 0 Å². The van der Waals surface area contributed by atoms with E-state index in [2.05, 4.69) is 5.32 Å². The Hall–Kier alpha value is -1.00. The predicted octanol–water partition coefficient (Wildman–Crippen LogP) is 1.68. The van der Waals surface area contributed by atoms with E-state index in [-0.39, 0.29) is 23.7 Å². The van der Waals surface area contributed by atoms with E-state index >= 15 is 0 Å². The number of halogens is 1. The molecule has 0 aromatic carbocycles. The molecule has 1 unspecified atom stereocenters. The zero-order chi connectivity index (χ0) is 11.3. The highest BCUT2D eigenvalue weighted by Gasteiger charge is 2.13. The summed E-state index contributed by atoms with van der Waals surface area (Å²) < 4.78 is 4.80. The van der Waals surface area contributed by atoms with Crippen LogP contribution in [0.4, 0.5) is 0 Å². The molecule has 1 aromatic rings. The van der Waals surface area contributed by atoms with Gasteiger partial charge in [-0.15, -0.1) is 0 Å². The molecule has 0 spiro atoms. The third-order valence-electron chi connectivity index (χ3n) is 2.10. The second-order valence-electron chi connectivity index (χ2n) is 3.44. The maximum atomic E-state index is 11.5. The van der Waals surface area contributed by atoms with Gasteiger partial charge in [-0.2, -0.15) is 0 Å². The quantitative estimate of drug-likeness (QED) is 0.811. The predicted molar refractivity (Wildman–Crippen MR) is 56.9 cm³/mol. The Balaban J connectivity index is 2.40. The van der Waals surface area contributed by atoms with E-state index in [4.69, 9.17) is 21.1 Å². The molecule has 1 atom stereocenters. The summed E-state index contributed by atoms with van der Waals surface area (Å²) in [6, 6.07) is 1.52. The molecule has 84 valence electrons. The molecular formula is C10H14ClNO3. The van der Waals surface area contributed by atoms with Crippen LogP contribution < -0.4 is 5.32 Å². The first-order valence-electron chi connectivity index (χ1n) is 4.77. The van der Waals surface area contributed by atoms with Crippen LogP contribution in [0.2, 0.25) is 5.22 Å². The first-order valence-corrected chi connectivity index (χ1v) is 5.15. The number of carbonyl (C=O) groups is 1. The Morgan fingerprint density at radius 1 is 1.73 bits per heavy atom. The minimum atomic E-state index is -0.251. The molecule has 0 aliphatic heterocycles. The molecule has 15 heavy (non-hydrogen) atoms. The summed E-state index contributed by atoms with van der Waals surface area (Å²) in [5, 5.41) is 11.5. The number of aliphatic hydroxyl groups is 1. The standard InChI is InChI=1S/C10H14ClNO3/c1-7(2-4-13)6-12-10(14)8-3-5-15-9(8)11/h3,5,7,13H,2,4,6H2,1H3,(H,12,14). The fourth-order valence-electron chi connectivity index (χ4n) is 1.14. The molecule has 4 nitrogen and oxygen atoms in total. The number of hydrogen-bond acceptors (Lipinski definition) is 3. The van der Waals surface area contributed by atoms with Gasteiger partial charge in [0.2, 0.25) is 5.22 Å². The van der Waals surface area contributed by atoms with Crippen molar-refractivity contribution in [2.24, 2.45) is 5.92 Å². The van der Waals surface area contributed by atoms with Gasteiger partial charge in [0.15, 0.2) is 0 Å². The van der Waals surface area contributed by atoms with Gasteiger partial charge in [-0.3, -0.25) is 4.79 Å². The number of aliphatic hydroxyl groups excluding tert-OH is 1. The van der Waals surface area contributed by atoms with Gasteiger partial charge in [0.05, 0.1) is 11.8 Å². The van der Waals surface area contributed by atoms with E-state index in [1.807, 2.05) is 6.92 Å². The number of furan rings is 1. The monoisotopic (exact) mass is 231 g/mol. The zero-order valence-corrected chi connectivity index (χ0v) is 9.25. The van der Waals surface area contributed by atoms with Gasteiger partial charge < -0.3 is 14.8 Å². The van der Waals surface area contributed by atoms with E-state index in [1.165, 1.54) is 12.3 Å². The van der Waals surface area contributed by atoms with Crippen molar-refractivity contribution in [1.82, 2.24) is 5.32 Å². The van der Waals surface area contributed by atoms with Gasteiger partial charge in [-0.25, -0.2) is 0 Å². The first-order chi connectivity index (χ1) is 7.15. The third-order valence-corrected chi connectivity index (χ3v) is 2.39. The lowest BCUT2D eigenvalue weighted by Gasteiger charge is -2.10. The number of rotatable bonds is 5. The molecule has 1 rings (SSSR count). The van der Waals surface area contributed by atoms with Crippen LogP contribution in [0.25, 0.3) is 0 Å². The van der Waals surface area contributed by atoms with Crippen LogP contribution >= 0.6 is 11.6 Å². The summed E-state index contributed by atoms with van der Waals surface area (Å²) in [5.74, 6) is -0.0110. The summed E-state index contributed by atoms with van der Waals surface area (Å²) in [5.41, 5.74) is 0.341. The topological polar surface area (TPSA) is 62.5 Å². The summed E-state index contributed by atoms with van der Waals surface area (Å²) in [7, 11) is 0. The number of hydrogen-bond donors (Lipinski definition) is 2. The van der Waals surface area contributed by atoms with Crippen LogP contribution in [-0.4, -0.2) is 24.2 Å². The number of carbonyl (C=O) groups excluding carboxylic acids is 1. The minimum absolute atomic E-state index is 0.0994. The van der Waals surface area contributed by atoms with E-state index in [1.54, 1.807) is 0 Å². The normalized spacial score (nSPS) is 12.5. The van der Waals surface area contributed by atoms with Crippen LogP contribution in [0.15, 0.2) is 16.7 Å². The highest BCUT2D eigenvalue weighted by atomic mass is 35.5. The Bertz CT molecular complexity index is 324. The highest BCUT2D eigenvalue weighted by Crippen LogP contribution is 2.16. The molecule has 0 aliphatic rings. The van der Waals surface area contributed by atoms with Gasteiger partial charge in [-0.05, 0) is 30.0 Å². The molecule has 1 aromatic heterocycles. The fraction of sp³-hybridized carbons (Fsp3) is 0.500. The second kappa shape index (κ2) is 5.78. The highest BCUT2D eigenvalue weighted by molar-refractivity contribution is 6.32. The zero-order valence-electron chi connectivity index (χ0n) is 8.50. The number of amides is 1. The van der Waals surface area contributed by atoms with Gasteiger partial charge in [0, 0.05) is 13.2 Å². The number of nitrogens with one attached hydrogen (secondary N) is 1. The average molecular weight is 232 g/mol. The smallest absolute Gasteiger partial charge is 0.256 e. The van der Waals surface area contributed by atoms with Crippen LogP contribution in [0, 0.1) is 5.92 Å². The summed E-state index contributed by atoms with van der Waals surface area (Å²) in [6.45, 7) is 2.60. The summed E-state index contributed by atoms with van der Waals surface area (Å²) in [4.78, 5) is 11.5. The van der Waals surface area contributed by atoms with Crippen molar-refractivity contribution < 1.29 is 14.3 Å². The first kappa shape index (κ1) is 12.1. The minimum Gasteiger partial charge on any atom is -0.452 e. The van der Waals surface area contributed by atoms with E-state index in [0.717, 1.165) is 0 Å². The Kier molecular flexibility index (Phi) is 4.65. The lowest BCUT2D eigenvalue weighted by molar-refractivity contribution is 0.0945. The fourth-order valence-corrected chi connectivity index (χ4v) is 1.34. The van der Waals surface area contributed by atoms with E-state index in [9.17, 15) is 4.79 Å². The van der Waals surface area contributed by atoms with Crippen molar-refractivity contribution >= 4 is 17.5 Å². The van der Waals surface area contributed by atoms with Crippen molar-refractivity contribution in [3.05, 3.63) is 23.1 Å². The van der Waals surface area contributed by atoms with Crippen LogP contribution in [0.5, 0.6) is 0 Å². The van der Waals surface area contributed by atoms with Crippen LogP contribution in [0.1, 0.15) is 23.7 Å². The van der Waals surface area contributed by atoms with Crippen molar-refractivity contribution in [3.8, 4) is 0 Å². The maximum absolute atomic E-state index is 11.5. The largest absolute Gasteiger partial charge is 0.452 e. The molecule has 1 heterocycles. The molecule has 0 radical (unpaired) electrons. The molecule has 0 bridgehead atoms. The van der Waals surface area contributed by atoms with Crippen molar-refractivity contribution in [3.63, 3.8) is 0 Å². The second-order valence-corrected chi connectivity index (χ2v) is 3.78. The molecule has 2 N–H and O–H groups in total. The molecule has 5 heteroatoms. The third kappa shape index (κ3) is 3.57. The lowest BCUT2D eigenvalue weighted by atomic mass is 10.1. The summed E-state index contributed by atoms with van der Waals surface area (Å²) in [6.07, 6.45) is 2.04. The van der Waals surface area contributed by atoms with E-state index < -0.39 is 0 Å². The van der Waals surface area contributed by atoms with Gasteiger partial charge in [-0.1, -0.05) is 6.92 Å². The Labute approximate surface area is 93.2 Å². The Morgan fingerprint density at radius 3 is 3.00 bits per heavy atom. The van der Waals surface area contributed by atoms with Gasteiger partial charge >= 0.3 is 0 Å². The maximum Gasteiger partial charge on any atom is 0.256 e. The average Bonchev–Trinajstić information content (AvgIpc) is 2.61. The SMILES string of the molecule is CC(CCO)CNC(=O)c1ccoc1Cl. The van der Waals surface area contributed by atoms with Crippen LogP contribution in [0.3, 0.4) is 0 Å². The summed E-state index contributed by atoms with van der Waals surface area (Å²) >= 11 is 5.64. The molecule has 1 amide bonds. The van der Waals surface area contributed by atoms with Crippen molar-refractivity contribution in [2.75, 3.05) is 13.2 Å². The van der Waals surface area contributed by atoms with Gasteiger partial charge in [0.25, 0.3) is 5.91 Å².